The predicted octanol–water partition coefficient (Wildman–Crippen LogP) is 3.42. The maximum Gasteiger partial charge on any atom is 0.300 e. The molecular weight excluding hydrogens is 405 g/mol. The summed E-state index contributed by atoms with van der Waals surface area (Å²) in [6, 6.07) is 12.8. The number of para-hydroxylation sites is 1. The minimum absolute atomic E-state index is 0.120. The molecule has 0 fully saturated rings. The molecule has 0 saturated carbocycles. The zero-order chi connectivity index (χ0) is 22.5. The van der Waals surface area contributed by atoms with Gasteiger partial charge in [0.05, 0.1) is 5.52 Å². The summed E-state index contributed by atoms with van der Waals surface area (Å²) < 4.78 is 13.3. The number of carboxylic acids is 1. The SMILES string of the molecule is CC(=O)O.Cc1cc(Nc2nc(C(O)c3ccc(F)c(O)c3)nc3ccccc23)n[nH]1. The van der Waals surface area contributed by atoms with Gasteiger partial charge >= 0.3 is 0 Å². The van der Waals surface area contributed by atoms with Crippen molar-refractivity contribution in [1.82, 2.24) is 20.2 Å². The smallest absolute Gasteiger partial charge is 0.300 e. The molecule has 0 saturated heterocycles. The van der Waals surface area contributed by atoms with E-state index in [0.717, 1.165) is 30.1 Å². The molecule has 1 atom stereocenters. The molecule has 4 rings (SSSR count). The van der Waals surface area contributed by atoms with Crippen LogP contribution in [0.4, 0.5) is 16.0 Å². The Bertz CT molecular complexity index is 1220. The molecule has 0 radical (unpaired) electrons. The molecule has 0 bridgehead atoms. The van der Waals surface area contributed by atoms with Gasteiger partial charge in [-0.05, 0) is 36.8 Å². The van der Waals surface area contributed by atoms with Crippen LogP contribution in [0.15, 0.2) is 48.5 Å². The van der Waals surface area contributed by atoms with Gasteiger partial charge in [-0.2, -0.15) is 5.10 Å². The number of halogens is 1. The molecule has 4 aromatic rings. The molecule has 0 amide bonds. The highest BCUT2D eigenvalue weighted by Crippen LogP contribution is 2.29. The standard InChI is InChI=1S/C19H16FN5O2.C2H4O2/c1-10-8-16(25-24-10)22-18-12-4-2-3-5-14(12)21-19(23-18)17(27)11-6-7-13(20)15(26)9-11;1-2(3)4/h2-9,17,26-27H,1H3,(H2,21,22,23,24,25);1H3,(H,3,4). The number of aryl methyl sites for hydroxylation is 1. The Morgan fingerprint density at radius 2 is 1.87 bits per heavy atom. The molecule has 2 heterocycles. The molecule has 0 aliphatic carbocycles. The lowest BCUT2D eigenvalue weighted by molar-refractivity contribution is -0.134. The Balaban J connectivity index is 0.000000628. The second-order valence-corrected chi connectivity index (χ2v) is 6.64. The van der Waals surface area contributed by atoms with Crippen molar-refractivity contribution < 1.29 is 24.5 Å². The number of aliphatic hydroxyl groups is 1. The fourth-order valence-corrected chi connectivity index (χ4v) is 2.76. The van der Waals surface area contributed by atoms with E-state index in [1.165, 1.54) is 6.07 Å². The summed E-state index contributed by atoms with van der Waals surface area (Å²) in [5.74, 6) is -0.961. The summed E-state index contributed by atoms with van der Waals surface area (Å²) >= 11 is 0. The third-order valence-corrected chi connectivity index (χ3v) is 4.10. The van der Waals surface area contributed by atoms with Gasteiger partial charge < -0.3 is 20.6 Å². The number of aromatic hydroxyl groups is 1. The van der Waals surface area contributed by atoms with Crippen molar-refractivity contribution in [2.45, 2.75) is 20.0 Å². The van der Waals surface area contributed by atoms with Gasteiger partial charge in [-0.3, -0.25) is 9.89 Å². The number of benzene rings is 2. The van der Waals surface area contributed by atoms with Crippen molar-refractivity contribution in [3.05, 3.63) is 71.4 Å². The summed E-state index contributed by atoms with van der Waals surface area (Å²) in [6.07, 6.45) is -1.23. The van der Waals surface area contributed by atoms with Crippen LogP contribution < -0.4 is 5.32 Å². The van der Waals surface area contributed by atoms with Gasteiger partial charge in [0, 0.05) is 24.1 Å². The van der Waals surface area contributed by atoms with Crippen LogP contribution in [0.5, 0.6) is 5.75 Å². The number of nitrogens with one attached hydrogen (secondary N) is 2. The number of carbonyl (C=O) groups is 1. The summed E-state index contributed by atoms with van der Waals surface area (Å²) in [4.78, 5) is 17.8. The maximum absolute atomic E-state index is 13.3. The van der Waals surface area contributed by atoms with E-state index in [0.29, 0.717) is 17.2 Å². The summed E-state index contributed by atoms with van der Waals surface area (Å²) in [5.41, 5.74) is 1.80. The van der Waals surface area contributed by atoms with Gasteiger partial charge in [0.1, 0.15) is 11.9 Å². The molecule has 2 aromatic heterocycles. The van der Waals surface area contributed by atoms with Crippen molar-refractivity contribution in [2.24, 2.45) is 0 Å². The highest BCUT2D eigenvalue weighted by molar-refractivity contribution is 5.90. The number of rotatable bonds is 4. The second-order valence-electron chi connectivity index (χ2n) is 6.64. The van der Waals surface area contributed by atoms with Crippen LogP contribution >= 0.6 is 0 Å². The number of hydrogen-bond acceptors (Lipinski definition) is 7. The van der Waals surface area contributed by atoms with Gasteiger partial charge in [-0.15, -0.1) is 0 Å². The molecule has 10 heteroatoms. The lowest BCUT2D eigenvalue weighted by atomic mass is 10.1. The summed E-state index contributed by atoms with van der Waals surface area (Å²) in [5, 5.41) is 38.5. The number of aliphatic hydroxyl groups excluding tert-OH is 1. The largest absolute Gasteiger partial charge is 0.505 e. The van der Waals surface area contributed by atoms with Crippen molar-refractivity contribution >= 4 is 28.5 Å². The van der Waals surface area contributed by atoms with Gasteiger partial charge in [0.2, 0.25) is 0 Å². The lowest BCUT2D eigenvalue weighted by Crippen LogP contribution is -2.08. The Kier molecular flexibility index (Phi) is 6.41. The van der Waals surface area contributed by atoms with Crippen molar-refractivity contribution in [3.63, 3.8) is 0 Å². The van der Waals surface area contributed by atoms with E-state index in [-0.39, 0.29) is 11.4 Å². The van der Waals surface area contributed by atoms with E-state index in [9.17, 15) is 14.6 Å². The number of H-pyrrole nitrogens is 1. The number of phenols is 1. The molecule has 160 valence electrons. The number of nitrogens with zero attached hydrogens (tertiary/aromatic N) is 3. The highest BCUT2D eigenvalue weighted by Gasteiger charge is 2.18. The number of aromatic nitrogens is 4. The minimum atomic E-state index is -1.23. The average molecular weight is 425 g/mol. The summed E-state index contributed by atoms with van der Waals surface area (Å²) in [7, 11) is 0. The zero-order valence-electron chi connectivity index (χ0n) is 16.7. The first kappa shape index (κ1) is 21.7. The Morgan fingerprint density at radius 3 is 2.52 bits per heavy atom. The van der Waals surface area contributed by atoms with E-state index in [1.54, 1.807) is 6.07 Å². The predicted molar refractivity (Wildman–Crippen MR) is 112 cm³/mol. The average Bonchev–Trinajstić information content (AvgIpc) is 3.13. The molecule has 2 aromatic carbocycles. The van der Waals surface area contributed by atoms with Crippen LogP contribution in [0, 0.1) is 12.7 Å². The van der Waals surface area contributed by atoms with Gasteiger partial charge in [-0.1, -0.05) is 18.2 Å². The van der Waals surface area contributed by atoms with Crippen LogP contribution in [0.1, 0.15) is 30.1 Å². The third kappa shape index (κ3) is 5.31. The van der Waals surface area contributed by atoms with Gasteiger partial charge in [-0.25, -0.2) is 14.4 Å². The van der Waals surface area contributed by atoms with E-state index in [1.807, 2.05) is 31.2 Å². The quantitative estimate of drug-likeness (QED) is 0.334. The molecule has 0 spiro atoms. The number of carboxylic acid groups (broad SMARTS) is 1. The molecule has 9 nitrogen and oxygen atoms in total. The maximum atomic E-state index is 13.3. The molecule has 0 aliphatic heterocycles. The number of hydrogen-bond donors (Lipinski definition) is 5. The van der Waals surface area contributed by atoms with Crippen molar-refractivity contribution in [1.29, 1.82) is 0 Å². The fraction of sp³-hybridized carbons (Fsp3) is 0.143. The van der Waals surface area contributed by atoms with E-state index >= 15 is 0 Å². The fourth-order valence-electron chi connectivity index (χ4n) is 2.76. The number of anilines is 2. The van der Waals surface area contributed by atoms with Crippen molar-refractivity contribution in [3.8, 4) is 5.75 Å². The minimum Gasteiger partial charge on any atom is -0.505 e. The second kappa shape index (κ2) is 9.18. The number of aliphatic carboxylic acids is 1. The summed E-state index contributed by atoms with van der Waals surface area (Å²) in [6.45, 7) is 2.96. The first-order chi connectivity index (χ1) is 14.7. The first-order valence-electron chi connectivity index (χ1n) is 9.16. The van der Waals surface area contributed by atoms with Gasteiger partial charge in [0.25, 0.3) is 5.97 Å². The number of phenolic OH excluding ortho intramolecular Hbond substituents is 1. The third-order valence-electron chi connectivity index (χ3n) is 4.10. The molecule has 1 unspecified atom stereocenters. The number of fused-ring (bicyclic) bond motifs is 1. The van der Waals surface area contributed by atoms with E-state index in [4.69, 9.17) is 9.90 Å². The Morgan fingerprint density at radius 1 is 1.16 bits per heavy atom. The van der Waals surface area contributed by atoms with E-state index in [2.05, 4.69) is 25.5 Å². The van der Waals surface area contributed by atoms with Gasteiger partial charge in [0.15, 0.2) is 23.2 Å². The molecule has 5 N–H and O–H groups in total. The van der Waals surface area contributed by atoms with E-state index < -0.39 is 23.6 Å². The molecular formula is C21H20FN5O4. The molecule has 0 aliphatic rings. The van der Waals surface area contributed by atoms with Crippen LogP contribution in [0.3, 0.4) is 0 Å². The Labute approximate surface area is 176 Å². The normalized spacial score (nSPS) is 11.5. The van der Waals surface area contributed by atoms with Crippen LogP contribution in [0.2, 0.25) is 0 Å². The zero-order valence-corrected chi connectivity index (χ0v) is 16.7. The first-order valence-corrected chi connectivity index (χ1v) is 9.16. The lowest BCUT2D eigenvalue weighted by Gasteiger charge is -2.14. The van der Waals surface area contributed by atoms with Crippen LogP contribution in [-0.4, -0.2) is 41.5 Å². The highest BCUT2D eigenvalue weighted by atomic mass is 19.1. The Hall–Kier alpha value is -4.05. The topological polar surface area (TPSA) is 144 Å². The van der Waals surface area contributed by atoms with Crippen LogP contribution in [0.25, 0.3) is 10.9 Å². The van der Waals surface area contributed by atoms with Crippen LogP contribution in [-0.2, 0) is 4.79 Å². The van der Waals surface area contributed by atoms with Crippen molar-refractivity contribution in [2.75, 3.05) is 5.32 Å². The monoisotopic (exact) mass is 425 g/mol. The number of aromatic amines is 1. The molecule has 31 heavy (non-hydrogen) atoms.